The van der Waals surface area contributed by atoms with Gasteiger partial charge in [0, 0.05) is 67.9 Å². The van der Waals surface area contributed by atoms with Crippen LogP contribution in [0.5, 0.6) is 0 Å². The molecule has 0 unspecified atom stereocenters. The van der Waals surface area contributed by atoms with Crippen LogP contribution in [0.4, 0.5) is 17.1 Å². The lowest BCUT2D eigenvalue weighted by molar-refractivity contribution is 1.18. The minimum absolute atomic E-state index is 1.13. The smallest absolute Gasteiger partial charge is 0.0561 e. The summed E-state index contributed by atoms with van der Waals surface area (Å²) in [6.07, 6.45) is 0. The lowest BCUT2D eigenvalue weighted by Crippen LogP contribution is -2.11. The zero-order valence-corrected chi connectivity index (χ0v) is 28.5. The minimum atomic E-state index is 1.13. The average molecular weight is 673 g/mol. The first-order valence-corrected chi connectivity index (χ1v) is 18.6. The van der Waals surface area contributed by atoms with Crippen molar-refractivity contribution in [3.63, 3.8) is 0 Å². The van der Waals surface area contributed by atoms with Crippen LogP contribution < -0.4 is 4.90 Å². The molecule has 0 aliphatic carbocycles. The summed E-state index contributed by atoms with van der Waals surface area (Å²) in [5, 5.41) is 10.2. The highest BCUT2D eigenvalue weighted by molar-refractivity contribution is 7.27. The van der Waals surface area contributed by atoms with Crippen LogP contribution >= 0.6 is 22.7 Å². The van der Waals surface area contributed by atoms with Crippen LogP contribution in [0.3, 0.4) is 0 Å². The largest absolute Gasteiger partial charge is 0.309 e. The van der Waals surface area contributed by atoms with Crippen molar-refractivity contribution >= 4 is 113 Å². The molecule has 50 heavy (non-hydrogen) atoms. The molecule has 0 saturated heterocycles. The Hall–Kier alpha value is -5.94. The maximum Gasteiger partial charge on any atom is 0.0561 e. The van der Waals surface area contributed by atoms with Crippen LogP contribution in [0.1, 0.15) is 0 Å². The third-order valence-electron chi connectivity index (χ3n) is 10.2. The minimum Gasteiger partial charge on any atom is -0.309 e. The van der Waals surface area contributed by atoms with Gasteiger partial charge in [-0.05, 0) is 66.0 Å². The Balaban J connectivity index is 1.29. The van der Waals surface area contributed by atoms with E-state index in [2.05, 4.69) is 179 Å². The van der Waals surface area contributed by atoms with Crippen molar-refractivity contribution in [2.24, 2.45) is 0 Å². The highest BCUT2D eigenvalue weighted by Crippen LogP contribution is 2.50. The Morgan fingerprint density at radius 2 is 1.04 bits per heavy atom. The maximum atomic E-state index is 2.53. The van der Waals surface area contributed by atoms with Crippen LogP contribution in [0.2, 0.25) is 0 Å². The van der Waals surface area contributed by atoms with Crippen LogP contribution in [-0.4, -0.2) is 4.57 Å². The molecule has 0 aliphatic heterocycles. The Kier molecular flexibility index (Phi) is 6.03. The first kappa shape index (κ1) is 28.0. The van der Waals surface area contributed by atoms with Gasteiger partial charge in [0.2, 0.25) is 0 Å². The Morgan fingerprint density at radius 3 is 1.90 bits per heavy atom. The number of fused-ring (bicyclic) bond motifs is 11. The topological polar surface area (TPSA) is 8.17 Å². The Labute approximate surface area is 296 Å². The third kappa shape index (κ3) is 4.01. The summed E-state index contributed by atoms with van der Waals surface area (Å²) in [7, 11) is 0. The molecule has 0 amide bonds. The van der Waals surface area contributed by atoms with Crippen LogP contribution in [0.15, 0.2) is 170 Å². The van der Waals surface area contributed by atoms with Crippen molar-refractivity contribution in [1.82, 2.24) is 4.57 Å². The summed E-state index contributed by atoms with van der Waals surface area (Å²) >= 11 is 3.77. The predicted molar refractivity (Wildman–Crippen MR) is 219 cm³/mol. The molecule has 11 rings (SSSR count). The number of rotatable bonds is 4. The number of benzene rings is 8. The van der Waals surface area contributed by atoms with Gasteiger partial charge in [0.05, 0.1) is 22.4 Å². The van der Waals surface area contributed by atoms with Gasteiger partial charge in [-0.2, -0.15) is 0 Å². The summed E-state index contributed by atoms with van der Waals surface area (Å²) in [5.74, 6) is 0. The quantitative estimate of drug-likeness (QED) is 0.181. The molecule has 11 aromatic rings. The Bertz CT molecular complexity index is 3110. The van der Waals surface area contributed by atoms with Crippen molar-refractivity contribution in [2.45, 2.75) is 0 Å². The zero-order valence-electron chi connectivity index (χ0n) is 26.9. The van der Waals surface area contributed by atoms with E-state index >= 15 is 0 Å². The third-order valence-corrected chi connectivity index (χ3v) is 12.5. The SMILES string of the molecule is c1ccc(-n2c3ccccc3c3ccc(N(c4cccc5sc6ccccc6c45)c4cccc5ccc6c7ccccc7sc6c45)cc32)cc1. The van der Waals surface area contributed by atoms with Gasteiger partial charge >= 0.3 is 0 Å². The number of hydrogen-bond acceptors (Lipinski definition) is 3. The van der Waals surface area contributed by atoms with E-state index in [-0.39, 0.29) is 0 Å². The van der Waals surface area contributed by atoms with Crippen molar-refractivity contribution in [1.29, 1.82) is 0 Å². The van der Waals surface area contributed by atoms with Crippen molar-refractivity contribution in [3.8, 4) is 5.69 Å². The molecular weight excluding hydrogens is 645 g/mol. The summed E-state index contributed by atoms with van der Waals surface area (Å²) in [6, 6.07) is 62.4. The lowest BCUT2D eigenvalue weighted by atomic mass is 10.0. The van der Waals surface area contributed by atoms with Gasteiger partial charge in [0.25, 0.3) is 0 Å². The van der Waals surface area contributed by atoms with Crippen molar-refractivity contribution in [3.05, 3.63) is 170 Å². The van der Waals surface area contributed by atoms with E-state index in [1.807, 2.05) is 22.7 Å². The van der Waals surface area contributed by atoms with E-state index in [1.54, 1.807) is 0 Å². The normalized spacial score (nSPS) is 12.0. The first-order chi connectivity index (χ1) is 24.8. The standard InChI is InChI=1S/C46H28N2S2/c1-2-13-30(14-3-1)47-37-18-7-4-15-32(37)33-27-25-31(28-40(33)47)48(39-20-11-23-43-45(39)36-17-6-9-22-42(36)49-43)38-19-10-12-29-24-26-35-34-16-5-8-21-41(34)50-46(35)44(29)38/h1-28H. The highest BCUT2D eigenvalue weighted by atomic mass is 32.1. The van der Waals surface area contributed by atoms with Gasteiger partial charge in [-0.3, -0.25) is 0 Å². The number of thiophene rings is 2. The molecule has 3 aromatic heterocycles. The molecule has 0 aliphatic rings. The molecule has 0 radical (unpaired) electrons. The fourth-order valence-corrected chi connectivity index (χ4v) is 10.4. The number of para-hydroxylation sites is 2. The maximum absolute atomic E-state index is 2.53. The molecule has 234 valence electrons. The molecule has 0 saturated carbocycles. The predicted octanol–water partition coefficient (Wildman–Crippen LogP) is 14.1. The summed E-state index contributed by atoms with van der Waals surface area (Å²) < 4.78 is 7.65. The van der Waals surface area contributed by atoms with E-state index < -0.39 is 0 Å². The first-order valence-electron chi connectivity index (χ1n) is 16.9. The van der Waals surface area contributed by atoms with Crippen LogP contribution in [-0.2, 0) is 0 Å². The molecular formula is C46H28N2S2. The highest BCUT2D eigenvalue weighted by Gasteiger charge is 2.23. The van der Waals surface area contributed by atoms with Gasteiger partial charge in [0.15, 0.2) is 0 Å². The monoisotopic (exact) mass is 672 g/mol. The molecule has 0 fully saturated rings. The number of nitrogens with zero attached hydrogens (tertiary/aromatic N) is 2. The van der Waals surface area contributed by atoms with Gasteiger partial charge < -0.3 is 9.47 Å². The second kappa shape index (κ2) is 10.8. The van der Waals surface area contributed by atoms with Crippen molar-refractivity contribution in [2.75, 3.05) is 4.90 Å². The van der Waals surface area contributed by atoms with Gasteiger partial charge in [-0.15, -0.1) is 22.7 Å². The number of hydrogen-bond donors (Lipinski definition) is 0. The van der Waals surface area contributed by atoms with E-state index in [9.17, 15) is 0 Å². The van der Waals surface area contributed by atoms with Gasteiger partial charge in [-0.25, -0.2) is 0 Å². The van der Waals surface area contributed by atoms with E-state index in [4.69, 9.17) is 0 Å². The summed E-state index contributed by atoms with van der Waals surface area (Å²) in [6.45, 7) is 0. The molecule has 4 heteroatoms. The van der Waals surface area contributed by atoms with Crippen LogP contribution in [0.25, 0.3) is 78.6 Å². The Morgan fingerprint density at radius 1 is 0.400 bits per heavy atom. The second-order valence-electron chi connectivity index (χ2n) is 12.9. The molecule has 8 aromatic carbocycles. The summed E-state index contributed by atoms with van der Waals surface area (Å²) in [5.41, 5.74) is 7.06. The molecule has 0 spiro atoms. The summed E-state index contributed by atoms with van der Waals surface area (Å²) in [4.78, 5) is 2.53. The fourth-order valence-electron chi connectivity index (χ4n) is 8.02. The van der Waals surface area contributed by atoms with E-state index in [0.29, 0.717) is 0 Å². The average Bonchev–Trinajstić information content (AvgIpc) is 3.85. The van der Waals surface area contributed by atoms with Gasteiger partial charge in [-0.1, -0.05) is 109 Å². The molecule has 0 bridgehead atoms. The fraction of sp³-hybridized carbons (Fsp3) is 0. The lowest BCUT2D eigenvalue weighted by Gasteiger charge is -2.28. The van der Waals surface area contributed by atoms with E-state index in [1.165, 1.54) is 84.3 Å². The van der Waals surface area contributed by atoms with Gasteiger partial charge in [0.1, 0.15) is 0 Å². The number of aromatic nitrogens is 1. The zero-order chi connectivity index (χ0) is 32.8. The second-order valence-corrected chi connectivity index (χ2v) is 15.0. The molecule has 0 atom stereocenters. The molecule has 0 N–H and O–H groups in total. The molecule has 2 nitrogen and oxygen atoms in total. The van der Waals surface area contributed by atoms with Crippen LogP contribution in [0, 0.1) is 0 Å². The van der Waals surface area contributed by atoms with E-state index in [0.717, 1.165) is 11.4 Å². The number of anilines is 3. The van der Waals surface area contributed by atoms with Crippen molar-refractivity contribution < 1.29 is 0 Å². The molecule has 3 heterocycles.